The lowest BCUT2D eigenvalue weighted by Gasteiger charge is -2.41. The number of unbranched alkanes of at least 4 members (excludes halogenated alkanes) is 3. The first kappa shape index (κ1) is 29.3. The fourth-order valence-electron chi connectivity index (χ4n) is 4.65. The van der Waals surface area contributed by atoms with E-state index in [4.69, 9.17) is 4.74 Å². The fraction of sp³-hybridized carbons (Fsp3) is 0.567. The van der Waals surface area contributed by atoms with Gasteiger partial charge in [-0.1, -0.05) is 100 Å². The Hall–Kier alpha value is -1.95. The van der Waals surface area contributed by atoms with Crippen molar-refractivity contribution in [3.05, 3.63) is 60.7 Å². The second-order valence-corrected chi connectivity index (χ2v) is 15.9. The van der Waals surface area contributed by atoms with Crippen molar-refractivity contribution in [1.82, 2.24) is 0 Å². The molecule has 0 aliphatic carbocycles. The number of hydrogen-bond acceptors (Lipinski definition) is 4. The van der Waals surface area contributed by atoms with E-state index in [1.54, 1.807) is 13.8 Å². The van der Waals surface area contributed by atoms with Crippen molar-refractivity contribution in [3.63, 3.8) is 0 Å². The van der Waals surface area contributed by atoms with Gasteiger partial charge in [-0.15, -0.1) is 0 Å². The van der Waals surface area contributed by atoms with Gasteiger partial charge in [0.15, 0.2) is 0 Å². The van der Waals surface area contributed by atoms with Crippen molar-refractivity contribution in [1.29, 1.82) is 0 Å². The van der Waals surface area contributed by atoms with E-state index in [2.05, 4.69) is 38.1 Å². The van der Waals surface area contributed by atoms with E-state index in [1.807, 2.05) is 57.2 Å². The lowest BCUT2D eigenvalue weighted by molar-refractivity contribution is -0.172. The summed E-state index contributed by atoms with van der Waals surface area (Å²) in [5.74, 6) is -0.356. The van der Waals surface area contributed by atoms with Crippen LogP contribution in [0.5, 0.6) is 0 Å². The molecule has 0 spiro atoms. The molecular formula is C30H46O4Si. The summed E-state index contributed by atoms with van der Waals surface area (Å²) in [6.07, 6.45) is 4.63. The van der Waals surface area contributed by atoms with E-state index >= 15 is 0 Å². The van der Waals surface area contributed by atoms with Crippen LogP contribution in [0.15, 0.2) is 60.7 Å². The Morgan fingerprint density at radius 3 is 1.71 bits per heavy atom. The topological polar surface area (TPSA) is 66.8 Å². The van der Waals surface area contributed by atoms with Crippen LogP contribution in [0.1, 0.15) is 87.0 Å². The smallest absolute Gasteiger partial charge is 0.314 e. The molecule has 0 saturated heterocycles. The van der Waals surface area contributed by atoms with Crippen LogP contribution in [0.3, 0.4) is 0 Å². The number of aliphatic hydroxyl groups excluding tert-OH is 1. The van der Waals surface area contributed by atoms with Crippen LogP contribution in [-0.4, -0.2) is 35.9 Å². The molecule has 0 heterocycles. The van der Waals surface area contributed by atoms with Gasteiger partial charge in [-0.2, -0.15) is 0 Å². The van der Waals surface area contributed by atoms with E-state index < -0.39 is 25.4 Å². The number of ether oxygens (including phenoxy) is 1. The number of esters is 1. The van der Waals surface area contributed by atoms with Crippen LogP contribution in [0.2, 0.25) is 5.04 Å². The van der Waals surface area contributed by atoms with Gasteiger partial charge in [0.25, 0.3) is 8.32 Å². The number of rotatable bonds is 12. The molecule has 5 heteroatoms. The highest BCUT2D eigenvalue weighted by molar-refractivity contribution is 6.98. The first-order valence-corrected chi connectivity index (χ1v) is 14.9. The van der Waals surface area contributed by atoms with Crippen molar-refractivity contribution in [2.24, 2.45) is 5.41 Å². The third-order valence-corrected chi connectivity index (χ3v) is 11.7. The van der Waals surface area contributed by atoms with E-state index in [-0.39, 0.29) is 11.0 Å². The normalized spacial score (nSPS) is 14.0. The molecule has 0 amide bonds. The number of carbonyl (C=O) groups is 1. The summed E-state index contributed by atoms with van der Waals surface area (Å²) in [7, 11) is -2.96. The molecule has 2 aromatic carbocycles. The zero-order valence-corrected chi connectivity index (χ0v) is 23.8. The quantitative estimate of drug-likeness (QED) is 0.227. The van der Waals surface area contributed by atoms with Gasteiger partial charge in [0.05, 0.1) is 11.5 Å². The largest absolute Gasteiger partial charge is 0.459 e. The predicted octanol–water partition coefficient (Wildman–Crippen LogP) is 5.59. The summed E-state index contributed by atoms with van der Waals surface area (Å²) in [5, 5.41) is 12.5. The summed E-state index contributed by atoms with van der Waals surface area (Å²) in [6.45, 7) is 13.4. The zero-order chi connectivity index (χ0) is 26.3. The number of hydrogen-bond donors (Lipinski definition) is 2. The fourth-order valence-corrected chi connectivity index (χ4v) is 8.44. The molecule has 1 unspecified atom stereocenters. The van der Waals surface area contributed by atoms with Gasteiger partial charge < -0.3 is 14.6 Å². The Bertz CT molecular complexity index is 877. The maximum atomic E-state index is 12.5. The molecule has 194 valence electrons. The summed E-state index contributed by atoms with van der Waals surface area (Å²) in [5.41, 5.74) is -1.49. The van der Waals surface area contributed by atoms with Crippen LogP contribution >= 0.6 is 0 Å². The Kier molecular flexibility index (Phi) is 9.92. The van der Waals surface area contributed by atoms with Crippen LogP contribution in [-0.2, 0) is 9.53 Å². The average molecular weight is 499 g/mol. The van der Waals surface area contributed by atoms with Gasteiger partial charge in [0.1, 0.15) is 5.60 Å². The molecule has 0 radical (unpaired) electrons. The van der Waals surface area contributed by atoms with E-state index in [9.17, 15) is 14.7 Å². The predicted molar refractivity (Wildman–Crippen MR) is 148 cm³/mol. The second-order valence-electron chi connectivity index (χ2n) is 12.0. The summed E-state index contributed by atoms with van der Waals surface area (Å²) in [4.78, 5) is 24.7. The number of aliphatic hydroxyl groups is 1. The van der Waals surface area contributed by atoms with Crippen LogP contribution in [0.4, 0.5) is 0 Å². The van der Waals surface area contributed by atoms with Crippen molar-refractivity contribution in [2.45, 2.75) is 104 Å². The molecular weight excluding hydrogens is 452 g/mol. The molecule has 0 bridgehead atoms. The average Bonchev–Trinajstić information content (AvgIpc) is 2.80. The molecule has 2 N–H and O–H groups in total. The third kappa shape index (κ3) is 7.52. The lowest BCUT2D eigenvalue weighted by atomic mass is 9.83. The Morgan fingerprint density at radius 2 is 1.26 bits per heavy atom. The minimum Gasteiger partial charge on any atom is -0.459 e. The second kappa shape index (κ2) is 11.9. The maximum Gasteiger partial charge on any atom is 0.314 e. The minimum absolute atomic E-state index is 0.242. The molecule has 1 atom stereocenters. The SMILES string of the molecule is CC(C)(C)OC(=O)C(C)(C)C(O)CCCCCCC(C)(C)[Si](O)(c1ccccc1)c1ccccc1. The van der Waals surface area contributed by atoms with Crippen LogP contribution in [0.25, 0.3) is 0 Å². The Morgan fingerprint density at radius 1 is 0.800 bits per heavy atom. The minimum atomic E-state index is -2.96. The molecule has 0 aliphatic heterocycles. The first-order valence-electron chi connectivity index (χ1n) is 13.0. The summed E-state index contributed by atoms with van der Waals surface area (Å²) >= 11 is 0. The molecule has 2 rings (SSSR count). The molecule has 0 saturated carbocycles. The van der Waals surface area contributed by atoms with Crippen molar-refractivity contribution in [2.75, 3.05) is 0 Å². The van der Waals surface area contributed by atoms with Crippen molar-refractivity contribution in [3.8, 4) is 0 Å². The van der Waals surface area contributed by atoms with Crippen molar-refractivity contribution >= 4 is 24.7 Å². The molecule has 0 aromatic heterocycles. The van der Waals surface area contributed by atoms with Crippen LogP contribution < -0.4 is 10.4 Å². The highest BCUT2D eigenvalue weighted by atomic mass is 28.4. The monoisotopic (exact) mass is 498 g/mol. The Labute approximate surface area is 213 Å². The van der Waals surface area contributed by atoms with Gasteiger partial charge in [0, 0.05) is 0 Å². The number of benzene rings is 2. The van der Waals surface area contributed by atoms with Gasteiger partial charge in [0.2, 0.25) is 0 Å². The third-order valence-electron chi connectivity index (χ3n) is 7.15. The maximum absolute atomic E-state index is 12.5. The van der Waals surface area contributed by atoms with Gasteiger partial charge in [-0.25, -0.2) is 0 Å². The summed E-state index contributed by atoms with van der Waals surface area (Å²) < 4.78 is 5.49. The van der Waals surface area contributed by atoms with E-state index in [0.29, 0.717) is 6.42 Å². The van der Waals surface area contributed by atoms with Gasteiger partial charge >= 0.3 is 5.97 Å². The van der Waals surface area contributed by atoms with E-state index in [0.717, 1.165) is 42.5 Å². The first-order chi connectivity index (χ1) is 16.2. The van der Waals surface area contributed by atoms with Crippen molar-refractivity contribution < 1.29 is 19.4 Å². The summed E-state index contributed by atoms with van der Waals surface area (Å²) in [6, 6.07) is 20.3. The molecule has 0 fully saturated rings. The van der Waals surface area contributed by atoms with Gasteiger partial charge in [-0.3, -0.25) is 4.79 Å². The van der Waals surface area contributed by atoms with Gasteiger partial charge in [-0.05, 0) is 62.9 Å². The highest BCUT2D eigenvalue weighted by Gasteiger charge is 2.49. The lowest BCUT2D eigenvalue weighted by Crippen LogP contribution is -2.65. The Balaban J connectivity index is 1.93. The molecule has 35 heavy (non-hydrogen) atoms. The molecule has 0 aliphatic rings. The van der Waals surface area contributed by atoms with E-state index in [1.165, 1.54) is 0 Å². The highest BCUT2D eigenvalue weighted by Crippen LogP contribution is 2.40. The molecule has 2 aromatic rings. The van der Waals surface area contributed by atoms with Crippen LogP contribution in [0, 0.1) is 5.41 Å². The zero-order valence-electron chi connectivity index (χ0n) is 22.8. The standard InChI is InChI=1S/C30H46O4Si/c1-28(2,3)34-27(32)30(6,7)26(31)22-16-8-9-17-23-29(4,5)35(33,24-18-12-10-13-19-24)25-20-14-11-15-21-25/h10-15,18-21,26,31,33H,8-9,16-17,22-23H2,1-7H3. The molecule has 4 nitrogen and oxygen atoms in total. The number of carbonyl (C=O) groups excluding carboxylic acids is 1.